The molecule has 1 saturated heterocycles. The summed E-state index contributed by atoms with van der Waals surface area (Å²) in [4.78, 5) is 47.5. The average Bonchev–Trinajstić information content (AvgIpc) is 3.48. The highest BCUT2D eigenvalue weighted by Gasteiger charge is 2.53. The topological polar surface area (TPSA) is 167 Å². The third-order valence-corrected chi connectivity index (χ3v) is 7.73. The minimum Gasteiger partial charge on any atom is -0.543 e. The molecule has 35 heavy (non-hydrogen) atoms. The molecule has 2 amide bonds. The molecule has 2 aliphatic heterocycles. The number of aromatic nitrogens is 2. The molecule has 5 heterocycles. The summed E-state index contributed by atoms with van der Waals surface area (Å²) in [6.07, 6.45) is 4.93. The smallest absolute Gasteiger partial charge is 0.292 e. The predicted molar refractivity (Wildman–Crippen MR) is 124 cm³/mol. The Morgan fingerprint density at radius 3 is 3.00 bits per heavy atom. The van der Waals surface area contributed by atoms with E-state index >= 15 is 0 Å². The summed E-state index contributed by atoms with van der Waals surface area (Å²) in [5, 5.41) is 20.7. The molecule has 1 fully saturated rings. The standard InChI is InChI=1S/C21H18N6O6S2/c1-32-25-14(12-8-33-21(22)23-12)17(28)24-15-18(29)27-16(20(30)31)11(9-35-19(15)27)6-26-4-2-10-3-5-34-13(10)7-26/h2-5,7-8,15,19H,6,9H2,1H3,(H3-,22,23,24,28,30,31)/t15?,19-/m0/s1. The fraction of sp³-hybridized carbons (Fsp3) is 0.238. The molecule has 0 bridgehead atoms. The van der Waals surface area contributed by atoms with Gasteiger partial charge in [-0.05, 0) is 11.4 Å². The van der Waals surface area contributed by atoms with Crippen LogP contribution >= 0.6 is 23.1 Å². The number of oxazole rings is 1. The number of nitrogens with zero attached hydrogens (tertiary/aromatic N) is 4. The van der Waals surface area contributed by atoms with Crippen LogP contribution in [0.25, 0.3) is 10.1 Å². The highest BCUT2D eigenvalue weighted by atomic mass is 32.2. The first-order valence-electron chi connectivity index (χ1n) is 10.2. The molecule has 180 valence electrons. The summed E-state index contributed by atoms with van der Waals surface area (Å²) in [6.45, 7) is 0.288. The zero-order valence-corrected chi connectivity index (χ0v) is 19.8. The Labute approximate surface area is 206 Å². The highest BCUT2D eigenvalue weighted by Crippen LogP contribution is 2.40. The fourth-order valence-electron chi connectivity index (χ4n) is 3.96. The predicted octanol–water partition coefficient (Wildman–Crippen LogP) is -0.786. The second-order valence-corrected chi connectivity index (χ2v) is 9.70. The van der Waals surface area contributed by atoms with Gasteiger partial charge in [-0.3, -0.25) is 14.5 Å². The lowest BCUT2D eigenvalue weighted by molar-refractivity contribution is -0.687. The largest absolute Gasteiger partial charge is 0.543 e. The van der Waals surface area contributed by atoms with Crippen molar-refractivity contribution >= 4 is 62.7 Å². The van der Waals surface area contributed by atoms with Gasteiger partial charge >= 0.3 is 0 Å². The van der Waals surface area contributed by atoms with Crippen LogP contribution in [0.4, 0.5) is 6.01 Å². The number of pyridine rings is 1. The van der Waals surface area contributed by atoms with E-state index in [0.29, 0.717) is 11.3 Å². The number of β-lactam (4-membered cyclic amide) rings is 1. The van der Waals surface area contributed by atoms with E-state index in [1.807, 2.05) is 34.5 Å². The number of carboxylic acid groups (broad SMARTS) is 1. The van der Waals surface area contributed by atoms with Crippen molar-refractivity contribution in [3.05, 3.63) is 53.1 Å². The van der Waals surface area contributed by atoms with Gasteiger partial charge < -0.3 is 30.2 Å². The van der Waals surface area contributed by atoms with Crippen LogP contribution in [0.3, 0.4) is 0 Å². The Hall–Kier alpha value is -3.91. The molecule has 0 aromatic carbocycles. The van der Waals surface area contributed by atoms with E-state index in [4.69, 9.17) is 15.0 Å². The molecule has 3 aromatic heterocycles. The van der Waals surface area contributed by atoms with Crippen molar-refractivity contribution in [3.63, 3.8) is 0 Å². The average molecular weight is 515 g/mol. The van der Waals surface area contributed by atoms with Crippen molar-refractivity contribution in [2.75, 3.05) is 18.6 Å². The molecule has 2 aliphatic rings. The van der Waals surface area contributed by atoms with Crippen LogP contribution in [0.15, 0.2) is 57.0 Å². The summed E-state index contributed by atoms with van der Waals surface area (Å²) in [7, 11) is 1.25. The van der Waals surface area contributed by atoms with Crippen molar-refractivity contribution in [1.82, 2.24) is 15.2 Å². The van der Waals surface area contributed by atoms with Crippen LogP contribution in [0.2, 0.25) is 0 Å². The summed E-state index contributed by atoms with van der Waals surface area (Å²) in [5.74, 6) is -2.41. The first kappa shape index (κ1) is 22.9. The molecule has 0 aliphatic carbocycles. The van der Waals surface area contributed by atoms with Crippen molar-refractivity contribution in [2.45, 2.75) is 18.0 Å². The van der Waals surface area contributed by atoms with Crippen LogP contribution < -0.4 is 20.7 Å². The number of oxime groups is 1. The minimum absolute atomic E-state index is 0.0270. The van der Waals surface area contributed by atoms with Gasteiger partial charge in [-0.25, -0.2) is 0 Å². The number of carbonyl (C=O) groups excluding carboxylic acids is 3. The van der Waals surface area contributed by atoms with E-state index in [1.54, 1.807) is 11.3 Å². The molecule has 14 heteroatoms. The van der Waals surface area contributed by atoms with E-state index in [2.05, 4.69) is 15.5 Å². The number of amides is 2. The molecule has 2 atom stereocenters. The van der Waals surface area contributed by atoms with Crippen LogP contribution in [0, 0.1) is 0 Å². The number of nitrogens with one attached hydrogen (secondary N) is 1. The molecule has 0 radical (unpaired) electrons. The Bertz CT molecular complexity index is 1410. The second-order valence-electron chi connectivity index (χ2n) is 7.65. The van der Waals surface area contributed by atoms with Gasteiger partial charge in [-0.2, -0.15) is 9.55 Å². The number of carboxylic acids is 1. The van der Waals surface area contributed by atoms with Crippen molar-refractivity contribution < 1.29 is 33.3 Å². The number of nitrogens with two attached hydrogens (primary N) is 1. The summed E-state index contributed by atoms with van der Waals surface area (Å²) >= 11 is 2.93. The quantitative estimate of drug-likeness (QED) is 0.178. The lowest BCUT2D eigenvalue weighted by Crippen LogP contribution is -2.71. The number of carbonyl (C=O) groups is 3. The number of rotatable bonds is 7. The lowest BCUT2D eigenvalue weighted by atomic mass is 10.0. The van der Waals surface area contributed by atoms with E-state index in [9.17, 15) is 19.5 Å². The van der Waals surface area contributed by atoms with Crippen molar-refractivity contribution in [2.24, 2.45) is 5.16 Å². The number of fused-ring (bicyclic) bond motifs is 2. The molecule has 1 unspecified atom stereocenters. The number of nitrogen functional groups attached to an aromatic ring is 1. The summed E-state index contributed by atoms with van der Waals surface area (Å²) < 4.78 is 7.84. The number of hydrogen-bond acceptors (Lipinski definition) is 11. The van der Waals surface area contributed by atoms with Crippen molar-refractivity contribution in [3.8, 4) is 0 Å². The Morgan fingerprint density at radius 1 is 1.46 bits per heavy atom. The SMILES string of the molecule is CON=C(C(=O)NC1C(=O)N2C(C(=O)[O-])=C(C[n+]3ccc4ccsc4c3)CS[C@@H]12)c1coc(N)n1. The third kappa shape index (κ3) is 4.10. The zero-order valence-electron chi connectivity index (χ0n) is 18.2. The zero-order chi connectivity index (χ0) is 24.7. The van der Waals surface area contributed by atoms with Gasteiger partial charge in [0.2, 0.25) is 0 Å². The van der Waals surface area contributed by atoms with Gasteiger partial charge in [0, 0.05) is 22.8 Å². The number of thiophene rings is 1. The van der Waals surface area contributed by atoms with Gasteiger partial charge in [-0.1, -0.05) is 5.16 Å². The number of aliphatic carboxylic acids is 1. The van der Waals surface area contributed by atoms with Gasteiger partial charge in [0.15, 0.2) is 24.7 Å². The normalized spacial score (nSPS) is 20.0. The highest BCUT2D eigenvalue weighted by molar-refractivity contribution is 8.00. The molecule has 0 saturated carbocycles. The molecule has 3 N–H and O–H groups in total. The van der Waals surface area contributed by atoms with E-state index in [-0.39, 0.29) is 29.7 Å². The Balaban J connectivity index is 1.36. The van der Waals surface area contributed by atoms with Gasteiger partial charge in [0.1, 0.15) is 30.5 Å². The first-order valence-corrected chi connectivity index (χ1v) is 12.2. The van der Waals surface area contributed by atoms with E-state index in [0.717, 1.165) is 21.2 Å². The fourth-order valence-corrected chi connectivity index (χ4v) is 6.12. The molecular weight excluding hydrogens is 496 g/mol. The lowest BCUT2D eigenvalue weighted by Gasteiger charge is -2.50. The van der Waals surface area contributed by atoms with Crippen LogP contribution in [-0.4, -0.2) is 57.7 Å². The maximum absolute atomic E-state index is 12.9. The van der Waals surface area contributed by atoms with Crippen molar-refractivity contribution in [1.29, 1.82) is 0 Å². The molecular formula is C21H18N6O6S2. The van der Waals surface area contributed by atoms with Gasteiger partial charge in [0.25, 0.3) is 17.8 Å². The van der Waals surface area contributed by atoms with E-state index in [1.165, 1.54) is 18.9 Å². The number of thioether (sulfide) groups is 1. The van der Waals surface area contributed by atoms with E-state index < -0.39 is 29.2 Å². The molecule has 3 aromatic rings. The maximum Gasteiger partial charge on any atom is 0.292 e. The summed E-state index contributed by atoms with van der Waals surface area (Å²) in [6, 6.07) is 2.82. The van der Waals surface area contributed by atoms with Crippen LogP contribution in [0.1, 0.15) is 5.69 Å². The van der Waals surface area contributed by atoms with Crippen LogP contribution in [-0.2, 0) is 25.8 Å². The number of hydrogen-bond donors (Lipinski definition) is 2. The van der Waals surface area contributed by atoms with Crippen LogP contribution in [0.5, 0.6) is 0 Å². The Morgan fingerprint density at radius 2 is 2.29 bits per heavy atom. The van der Waals surface area contributed by atoms with Gasteiger partial charge in [0.05, 0.1) is 16.4 Å². The first-order chi connectivity index (χ1) is 16.9. The minimum atomic E-state index is -1.44. The van der Waals surface area contributed by atoms with Gasteiger partial charge in [-0.15, -0.1) is 23.1 Å². The Kier molecular flexibility index (Phi) is 5.90. The molecule has 5 rings (SSSR count). The maximum atomic E-state index is 12.9. The molecule has 12 nitrogen and oxygen atoms in total. The number of anilines is 1. The summed E-state index contributed by atoms with van der Waals surface area (Å²) in [5.41, 5.74) is 5.62. The molecule has 0 spiro atoms. The third-order valence-electron chi connectivity index (χ3n) is 5.52. The monoisotopic (exact) mass is 514 g/mol. The second kappa shape index (κ2) is 9.03.